The van der Waals surface area contributed by atoms with Crippen LogP contribution >= 0.6 is 11.3 Å². The number of fused-ring (bicyclic) bond motifs is 2. The second-order valence-electron chi connectivity index (χ2n) is 9.16. The highest BCUT2D eigenvalue weighted by Gasteiger charge is 2.31. The van der Waals surface area contributed by atoms with Crippen LogP contribution in [-0.2, 0) is 12.8 Å². The van der Waals surface area contributed by atoms with Crippen LogP contribution in [0.1, 0.15) is 65.0 Å². The summed E-state index contributed by atoms with van der Waals surface area (Å²) < 4.78 is 5.92. The molecule has 3 aromatic rings. The van der Waals surface area contributed by atoms with E-state index in [0.717, 1.165) is 52.6 Å². The molecule has 5 heteroatoms. The molecule has 148 valence electrons. The van der Waals surface area contributed by atoms with E-state index in [2.05, 4.69) is 39.1 Å². The Bertz CT molecular complexity index is 1070. The Morgan fingerprint density at radius 1 is 1.25 bits per heavy atom. The first kappa shape index (κ1) is 19.2. The Hall–Kier alpha value is -2.14. The van der Waals surface area contributed by atoms with Crippen LogP contribution in [0.4, 0.5) is 5.13 Å². The number of carbonyl (C=O) groups is 1. The Balaban J connectivity index is 1.59. The number of aryl methyl sites for hydroxylation is 4. The van der Waals surface area contributed by atoms with Gasteiger partial charge in [-0.3, -0.25) is 10.1 Å². The van der Waals surface area contributed by atoms with E-state index in [-0.39, 0.29) is 5.91 Å². The molecule has 0 saturated carbocycles. The van der Waals surface area contributed by atoms with Crippen LogP contribution in [0.3, 0.4) is 0 Å². The van der Waals surface area contributed by atoms with Gasteiger partial charge in [-0.1, -0.05) is 26.8 Å². The summed E-state index contributed by atoms with van der Waals surface area (Å²) in [5.41, 5.74) is 5.37. The van der Waals surface area contributed by atoms with Crippen LogP contribution < -0.4 is 5.32 Å². The number of benzene rings is 1. The monoisotopic (exact) mass is 396 g/mol. The molecule has 1 N–H and O–H groups in total. The molecule has 1 amide bonds. The lowest BCUT2D eigenvalue weighted by Gasteiger charge is -2.33. The van der Waals surface area contributed by atoms with Gasteiger partial charge >= 0.3 is 0 Å². The molecule has 4 rings (SSSR count). The zero-order chi connectivity index (χ0) is 20.2. The fourth-order valence-electron chi connectivity index (χ4n) is 4.33. The molecule has 1 aromatic carbocycles. The van der Waals surface area contributed by atoms with Crippen molar-refractivity contribution in [3.63, 3.8) is 0 Å². The molecule has 0 bridgehead atoms. The van der Waals surface area contributed by atoms with E-state index in [1.807, 2.05) is 19.9 Å². The van der Waals surface area contributed by atoms with Crippen LogP contribution in [0, 0.1) is 32.1 Å². The van der Waals surface area contributed by atoms with Gasteiger partial charge in [-0.15, -0.1) is 11.3 Å². The summed E-state index contributed by atoms with van der Waals surface area (Å²) in [6.45, 7) is 13.0. The molecule has 28 heavy (non-hydrogen) atoms. The highest BCUT2D eigenvalue weighted by Crippen LogP contribution is 2.40. The third-order valence-corrected chi connectivity index (χ3v) is 7.00. The standard InChI is InChI=1S/C23H28N2O2S/c1-12-9-13(2)19-14(3)20(27-17(19)10-12)21(26)25-22-24-16-8-7-15(23(4,5)6)11-18(16)28-22/h9-10,15H,7-8,11H2,1-6H3,(H,24,25,26)/t15-/m0/s1. The molecule has 2 heterocycles. The fourth-order valence-corrected chi connectivity index (χ4v) is 5.41. The van der Waals surface area contributed by atoms with Crippen molar-refractivity contribution in [2.24, 2.45) is 11.3 Å². The summed E-state index contributed by atoms with van der Waals surface area (Å²) in [5.74, 6) is 0.821. The van der Waals surface area contributed by atoms with Crippen molar-refractivity contribution in [1.29, 1.82) is 0 Å². The molecule has 0 radical (unpaired) electrons. The van der Waals surface area contributed by atoms with Gasteiger partial charge in [-0.2, -0.15) is 0 Å². The number of hydrogen-bond donors (Lipinski definition) is 1. The van der Waals surface area contributed by atoms with E-state index >= 15 is 0 Å². The number of thiazole rings is 1. The smallest absolute Gasteiger partial charge is 0.293 e. The molecule has 0 spiro atoms. The molecule has 1 atom stereocenters. The van der Waals surface area contributed by atoms with Gasteiger partial charge in [0.15, 0.2) is 10.9 Å². The predicted molar refractivity (Wildman–Crippen MR) is 115 cm³/mol. The summed E-state index contributed by atoms with van der Waals surface area (Å²) >= 11 is 1.61. The highest BCUT2D eigenvalue weighted by molar-refractivity contribution is 7.15. The van der Waals surface area contributed by atoms with Crippen LogP contribution in [-0.4, -0.2) is 10.9 Å². The van der Waals surface area contributed by atoms with E-state index in [4.69, 9.17) is 9.40 Å². The molecule has 0 saturated heterocycles. The third kappa shape index (κ3) is 3.37. The zero-order valence-corrected chi connectivity index (χ0v) is 18.3. The Morgan fingerprint density at radius 3 is 2.71 bits per heavy atom. The van der Waals surface area contributed by atoms with Crippen molar-refractivity contribution in [3.8, 4) is 0 Å². The first-order chi connectivity index (χ1) is 13.1. The van der Waals surface area contributed by atoms with E-state index < -0.39 is 0 Å². The second-order valence-corrected chi connectivity index (χ2v) is 10.2. The van der Waals surface area contributed by atoms with Crippen LogP contribution in [0.25, 0.3) is 11.0 Å². The minimum absolute atomic E-state index is 0.218. The number of furan rings is 1. The third-order valence-electron chi connectivity index (χ3n) is 5.96. The number of nitrogens with one attached hydrogen (secondary N) is 1. The summed E-state index contributed by atoms with van der Waals surface area (Å²) in [4.78, 5) is 18.9. The maximum Gasteiger partial charge on any atom is 0.293 e. The maximum absolute atomic E-state index is 12.9. The largest absolute Gasteiger partial charge is 0.451 e. The van der Waals surface area contributed by atoms with Crippen molar-refractivity contribution < 1.29 is 9.21 Å². The normalized spacial score (nSPS) is 17.0. The summed E-state index contributed by atoms with van der Waals surface area (Å²) in [5, 5.41) is 4.69. The zero-order valence-electron chi connectivity index (χ0n) is 17.5. The number of anilines is 1. The summed E-state index contributed by atoms with van der Waals surface area (Å²) in [6.07, 6.45) is 3.20. The average Bonchev–Trinajstić information content (AvgIpc) is 3.13. The number of nitrogens with zero attached hydrogens (tertiary/aromatic N) is 1. The fraction of sp³-hybridized carbons (Fsp3) is 0.478. The number of aromatic nitrogens is 1. The number of amides is 1. The van der Waals surface area contributed by atoms with Crippen molar-refractivity contribution in [3.05, 3.63) is 45.2 Å². The Labute approximate surface area is 170 Å². The van der Waals surface area contributed by atoms with Crippen molar-refractivity contribution in [1.82, 2.24) is 4.98 Å². The van der Waals surface area contributed by atoms with Crippen LogP contribution in [0.2, 0.25) is 0 Å². The van der Waals surface area contributed by atoms with Gasteiger partial charge in [0.1, 0.15) is 5.58 Å². The van der Waals surface area contributed by atoms with E-state index in [1.54, 1.807) is 11.3 Å². The van der Waals surface area contributed by atoms with Crippen molar-refractivity contribution >= 4 is 33.3 Å². The molecule has 0 fully saturated rings. The molecular formula is C23H28N2O2S. The molecular weight excluding hydrogens is 368 g/mol. The van der Waals surface area contributed by atoms with Gasteiger partial charge in [0.25, 0.3) is 5.91 Å². The molecule has 0 unspecified atom stereocenters. The number of carbonyl (C=O) groups excluding carboxylic acids is 1. The lowest BCUT2D eigenvalue weighted by molar-refractivity contribution is 0.0998. The molecule has 2 aromatic heterocycles. The van der Waals surface area contributed by atoms with Gasteiger partial charge in [0, 0.05) is 15.8 Å². The first-order valence-corrected chi connectivity index (χ1v) is 10.8. The van der Waals surface area contributed by atoms with Crippen LogP contribution in [0.5, 0.6) is 0 Å². The quantitative estimate of drug-likeness (QED) is 0.559. The molecule has 4 nitrogen and oxygen atoms in total. The minimum atomic E-state index is -0.218. The van der Waals surface area contributed by atoms with E-state index in [1.165, 1.54) is 4.88 Å². The average molecular weight is 397 g/mol. The predicted octanol–water partition coefficient (Wildman–Crippen LogP) is 6.22. The maximum atomic E-state index is 12.9. The summed E-state index contributed by atoms with van der Waals surface area (Å²) in [7, 11) is 0. The van der Waals surface area contributed by atoms with Crippen LogP contribution in [0.15, 0.2) is 16.5 Å². The van der Waals surface area contributed by atoms with Gasteiger partial charge < -0.3 is 4.42 Å². The van der Waals surface area contributed by atoms with E-state index in [0.29, 0.717) is 22.2 Å². The topological polar surface area (TPSA) is 55.1 Å². The summed E-state index contributed by atoms with van der Waals surface area (Å²) in [6, 6.07) is 4.11. The lowest BCUT2D eigenvalue weighted by atomic mass is 9.73. The molecule has 1 aliphatic carbocycles. The SMILES string of the molecule is Cc1cc(C)c2c(C)c(C(=O)Nc3nc4c(s3)C[C@@H](C(C)(C)C)CC4)oc2c1. The Morgan fingerprint density at radius 2 is 2.00 bits per heavy atom. The molecule has 1 aliphatic rings. The van der Waals surface area contributed by atoms with Gasteiger partial charge in [-0.05, 0) is 68.6 Å². The number of hydrogen-bond acceptors (Lipinski definition) is 4. The van der Waals surface area contributed by atoms with Crippen molar-refractivity contribution in [2.75, 3.05) is 5.32 Å². The van der Waals surface area contributed by atoms with Gasteiger partial charge in [0.05, 0.1) is 5.69 Å². The van der Waals surface area contributed by atoms with E-state index in [9.17, 15) is 4.79 Å². The first-order valence-electron chi connectivity index (χ1n) is 9.93. The second kappa shape index (κ2) is 6.73. The van der Waals surface area contributed by atoms with Gasteiger partial charge in [-0.25, -0.2) is 4.98 Å². The lowest BCUT2D eigenvalue weighted by Crippen LogP contribution is -2.26. The highest BCUT2D eigenvalue weighted by atomic mass is 32.1. The van der Waals surface area contributed by atoms with Gasteiger partial charge in [0.2, 0.25) is 0 Å². The minimum Gasteiger partial charge on any atom is -0.451 e. The molecule has 0 aliphatic heterocycles. The Kier molecular flexibility index (Phi) is 4.61. The van der Waals surface area contributed by atoms with Crippen molar-refractivity contribution in [2.45, 2.75) is 60.8 Å². The number of rotatable bonds is 2.